The highest BCUT2D eigenvalue weighted by molar-refractivity contribution is 7.10. The molecule has 2 aromatic heterocycles. The van der Waals surface area contributed by atoms with E-state index in [0.29, 0.717) is 24.0 Å². The second-order valence-corrected chi connectivity index (χ2v) is 26.5. The zero-order valence-corrected chi connectivity index (χ0v) is 52.3. The predicted molar refractivity (Wildman–Crippen MR) is 339 cm³/mol. The van der Waals surface area contributed by atoms with Gasteiger partial charge in [-0.3, -0.25) is 28.8 Å². The SMILES string of the molecule is CN[C@@H](C)C(=O)N[C@H](C(=O)N1C[C@@H](NC(=O)c2ccc(C(=O)N[C@H]3C[C@@H](c4nc(C(c5ccccc5)c5ccccc5)cs4)N(C(=O)[C@@H](NC(=O)[C@H](C)NC)C(C)(C)C)C3)cc2)C[C@H]1c1nc(C(c2ccccc2)c2ccccc2)cs1)C(C)(C)C. The Morgan fingerprint density at radius 1 is 0.477 bits per heavy atom. The molecule has 0 spiro atoms. The maximum atomic E-state index is 15.0. The van der Waals surface area contributed by atoms with Gasteiger partial charge in [-0.15, -0.1) is 22.7 Å². The van der Waals surface area contributed by atoms with Crippen LogP contribution >= 0.6 is 22.7 Å². The third-order valence-electron chi connectivity index (χ3n) is 16.5. The highest BCUT2D eigenvalue weighted by Crippen LogP contribution is 2.42. The Hall–Kier alpha value is -7.90. The zero-order valence-electron chi connectivity index (χ0n) is 50.7. The molecule has 8 atom stereocenters. The minimum Gasteiger partial charge on any atom is -0.347 e. The Labute approximate surface area is 513 Å². The normalized spacial score (nSPS) is 18.5. The van der Waals surface area contributed by atoms with Crippen molar-refractivity contribution >= 4 is 58.1 Å². The first-order valence-corrected chi connectivity index (χ1v) is 31.3. The van der Waals surface area contributed by atoms with E-state index in [1.807, 2.05) is 125 Å². The molecule has 9 rings (SSSR count). The van der Waals surface area contributed by atoms with Crippen molar-refractivity contribution in [3.05, 3.63) is 211 Å². The summed E-state index contributed by atoms with van der Waals surface area (Å²) in [6, 6.07) is 42.3. The molecule has 18 heteroatoms. The average Bonchev–Trinajstić information content (AvgIpc) is 1.91. The lowest BCUT2D eigenvalue weighted by atomic mass is 9.85. The summed E-state index contributed by atoms with van der Waals surface area (Å²) in [5.41, 5.74) is 5.29. The van der Waals surface area contributed by atoms with Gasteiger partial charge in [-0.25, -0.2) is 9.97 Å². The van der Waals surface area contributed by atoms with Crippen molar-refractivity contribution in [2.45, 2.75) is 128 Å². The molecule has 6 N–H and O–H groups in total. The van der Waals surface area contributed by atoms with Crippen molar-refractivity contribution in [1.29, 1.82) is 0 Å². The van der Waals surface area contributed by atoms with Crippen LogP contribution < -0.4 is 31.9 Å². The number of nitrogens with zero attached hydrogens (tertiary/aromatic N) is 4. The molecule has 2 aliphatic rings. The fourth-order valence-corrected chi connectivity index (χ4v) is 13.3. The third-order valence-corrected chi connectivity index (χ3v) is 18.4. The predicted octanol–water partition coefficient (Wildman–Crippen LogP) is 9.38. The number of hydrogen-bond acceptors (Lipinski definition) is 12. The number of hydrogen-bond donors (Lipinski definition) is 6. The van der Waals surface area contributed by atoms with Crippen molar-refractivity contribution < 1.29 is 28.8 Å². The molecule has 450 valence electrons. The fraction of sp³-hybridized carbons (Fsp3) is 0.382. The van der Waals surface area contributed by atoms with Gasteiger partial charge in [0.25, 0.3) is 11.8 Å². The summed E-state index contributed by atoms with van der Waals surface area (Å²) in [6.07, 6.45) is 0.736. The summed E-state index contributed by atoms with van der Waals surface area (Å²) in [7, 11) is 3.39. The molecule has 2 aliphatic heterocycles. The fourth-order valence-electron chi connectivity index (χ4n) is 11.4. The van der Waals surface area contributed by atoms with E-state index in [1.165, 1.54) is 22.7 Å². The van der Waals surface area contributed by atoms with E-state index in [4.69, 9.17) is 9.97 Å². The van der Waals surface area contributed by atoms with Gasteiger partial charge < -0.3 is 41.7 Å². The summed E-state index contributed by atoms with van der Waals surface area (Å²) in [5, 5.41) is 23.9. The van der Waals surface area contributed by atoms with Gasteiger partial charge in [0, 0.05) is 47.1 Å². The molecule has 5 aromatic carbocycles. The number of rotatable bonds is 20. The Morgan fingerprint density at radius 2 is 0.779 bits per heavy atom. The van der Waals surface area contributed by atoms with Gasteiger partial charge >= 0.3 is 0 Å². The summed E-state index contributed by atoms with van der Waals surface area (Å²) < 4.78 is 0. The van der Waals surface area contributed by atoms with E-state index in [9.17, 15) is 19.2 Å². The molecule has 0 saturated carbocycles. The Morgan fingerprint density at radius 3 is 1.06 bits per heavy atom. The van der Waals surface area contributed by atoms with E-state index in [-0.39, 0.29) is 60.4 Å². The number of benzene rings is 5. The molecule has 2 saturated heterocycles. The lowest BCUT2D eigenvalue weighted by molar-refractivity contribution is -0.140. The molecule has 0 bridgehead atoms. The molecule has 16 nitrogen and oxygen atoms in total. The number of carbonyl (C=O) groups is 6. The van der Waals surface area contributed by atoms with Gasteiger partial charge in [-0.2, -0.15) is 0 Å². The Kier molecular flexibility index (Phi) is 19.8. The smallest absolute Gasteiger partial charge is 0.251 e. The van der Waals surface area contributed by atoms with Crippen LogP contribution in [0, 0.1) is 10.8 Å². The molecular formula is C68H80N10O6S2. The van der Waals surface area contributed by atoms with Crippen LogP contribution in [0.5, 0.6) is 0 Å². The number of amides is 6. The summed E-state index contributed by atoms with van der Waals surface area (Å²) in [6.45, 7) is 15.3. The highest BCUT2D eigenvalue weighted by Gasteiger charge is 2.47. The van der Waals surface area contributed by atoms with Crippen LogP contribution in [-0.4, -0.2) is 119 Å². The van der Waals surface area contributed by atoms with Gasteiger partial charge in [0.15, 0.2) is 0 Å². The van der Waals surface area contributed by atoms with Gasteiger partial charge in [0.05, 0.1) is 47.4 Å². The second kappa shape index (κ2) is 27.2. The quantitative estimate of drug-likeness (QED) is 0.0426. The molecule has 0 aliphatic carbocycles. The minimum atomic E-state index is -0.890. The summed E-state index contributed by atoms with van der Waals surface area (Å²) in [4.78, 5) is 99.5. The average molecular weight is 1200 g/mol. The van der Waals surface area contributed by atoms with Crippen molar-refractivity contribution in [1.82, 2.24) is 51.7 Å². The maximum Gasteiger partial charge on any atom is 0.251 e. The number of aromatic nitrogens is 2. The van der Waals surface area contributed by atoms with E-state index in [0.717, 1.165) is 43.7 Å². The lowest BCUT2D eigenvalue weighted by Crippen LogP contribution is -2.57. The van der Waals surface area contributed by atoms with Crippen molar-refractivity contribution in [2.24, 2.45) is 10.8 Å². The van der Waals surface area contributed by atoms with Crippen LogP contribution in [0.2, 0.25) is 0 Å². The van der Waals surface area contributed by atoms with Gasteiger partial charge in [0.1, 0.15) is 22.1 Å². The number of thiazole rings is 2. The van der Waals surface area contributed by atoms with E-state index in [1.54, 1.807) is 62.0 Å². The molecule has 86 heavy (non-hydrogen) atoms. The number of likely N-dealkylation sites (tertiary alicyclic amines) is 2. The molecular weight excluding hydrogens is 1120 g/mol. The van der Waals surface area contributed by atoms with Crippen LogP contribution in [0.1, 0.15) is 157 Å². The van der Waals surface area contributed by atoms with Crippen LogP contribution in [-0.2, 0) is 19.2 Å². The van der Waals surface area contributed by atoms with Crippen LogP contribution in [0.3, 0.4) is 0 Å². The van der Waals surface area contributed by atoms with Crippen LogP contribution in [0.25, 0.3) is 0 Å². The highest BCUT2D eigenvalue weighted by atomic mass is 32.1. The molecule has 0 unspecified atom stereocenters. The molecule has 2 fully saturated rings. The monoisotopic (exact) mass is 1200 g/mol. The van der Waals surface area contributed by atoms with Crippen LogP contribution in [0.15, 0.2) is 156 Å². The minimum absolute atomic E-state index is 0.164. The molecule has 6 amide bonds. The first kappa shape index (κ1) is 62.6. The number of carbonyl (C=O) groups excluding carboxylic acids is 6. The van der Waals surface area contributed by atoms with E-state index in [2.05, 4.69) is 80.4 Å². The van der Waals surface area contributed by atoms with Gasteiger partial charge in [0.2, 0.25) is 23.6 Å². The Bertz CT molecular complexity index is 3150. The van der Waals surface area contributed by atoms with Crippen molar-refractivity contribution in [3.8, 4) is 0 Å². The van der Waals surface area contributed by atoms with Crippen LogP contribution in [0.4, 0.5) is 0 Å². The van der Waals surface area contributed by atoms with E-state index >= 15 is 9.59 Å². The standard InChI is InChI=1S/C68H80N10O6S2/c1-41(69-9)59(79)75-57(67(3,4)5)65(83)77-37-49(35-53(77)63-73-51(39-85-63)55(43-23-15-11-16-24-43)44-25-17-12-18-26-44)71-61(81)47-31-33-48(34-32-47)62(82)72-50-36-54(78(38-50)66(84)58(68(6,7)8)76-60(80)42(2)70-10)64-74-52(40-86-64)56(45-27-19-13-20-28-45)46-29-21-14-22-30-46/h11-34,39-42,49-50,53-58,69-70H,35-38H2,1-10H3,(H,71,81)(H,72,82)(H,75,79)(H,76,80)/t41-,42-,49-,50-,53-,54-,57+,58+/m0/s1. The first-order valence-electron chi connectivity index (χ1n) is 29.5. The maximum absolute atomic E-state index is 15.0. The largest absolute Gasteiger partial charge is 0.347 e. The molecule has 4 heterocycles. The molecule has 0 radical (unpaired) electrons. The van der Waals surface area contributed by atoms with Crippen molar-refractivity contribution in [3.63, 3.8) is 0 Å². The first-order chi connectivity index (χ1) is 41.1. The zero-order chi connectivity index (χ0) is 61.5. The van der Waals surface area contributed by atoms with Crippen molar-refractivity contribution in [2.75, 3.05) is 27.2 Å². The third kappa shape index (κ3) is 14.5. The number of likely N-dealkylation sites (N-methyl/N-ethyl adjacent to an activating group) is 2. The second-order valence-electron chi connectivity index (χ2n) is 24.8. The van der Waals surface area contributed by atoms with E-state index < -0.39 is 59.2 Å². The summed E-state index contributed by atoms with van der Waals surface area (Å²) >= 11 is 2.95. The van der Waals surface area contributed by atoms with Gasteiger partial charge in [-0.05, 0) is 98.1 Å². The van der Waals surface area contributed by atoms with Gasteiger partial charge in [-0.1, -0.05) is 163 Å². The molecule has 7 aromatic rings. The number of nitrogens with one attached hydrogen (secondary N) is 6. The topological polar surface area (TPSA) is 207 Å². The summed E-state index contributed by atoms with van der Waals surface area (Å²) in [5.74, 6) is -2.25. The Balaban J connectivity index is 0.944. The lowest BCUT2D eigenvalue weighted by Gasteiger charge is -2.36.